The molecule has 2 N–H and O–H groups in total. The molecule has 4 bridgehead atoms. The van der Waals surface area contributed by atoms with Crippen LogP contribution in [-0.2, 0) is 4.74 Å². The van der Waals surface area contributed by atoms with Gasteiger partial charge in [-0.25, -0.2) is 0 Å². The van der Waals surface area contributed by atoms with Crippen LogP contribution >= 0.6 is 0 Å². The van der Waals surface area contributed by atoms with Crippen LogP contribution in [-0.4, -0.2) is 25.3 Å². The van der Waals surface area contributed by atoms with Crippen molar-refractivity contribution in [3.05, 3.63) is 47.9 Å². The van der Waals surface area contributed by atoms with E-state index in [-0.39, 0.29) is 0 Å². The molecule has 0 saturated carbocycles. The van der Waals surface area contributed by atoms with Crippen molar-refractivity contribution in [2.45, 2.75) is 69.9 Å². The van der Waals surface area contributed by atoms with E-state index >= 15 is 0 Å². The van der Waals surface area contributed by atoms with Gasteiger partial charge in [0, 0.05) is 24.0 Å². The molecule has 2 atom stereocenters. The number of ether oxygens (including phenoxy) is 1. The molecule has 2 unspecified atom stereocenters. The van der Waals surface area contributed by atoms with Crippen molar-refractivity contribution in [2.75, 3.05) is 13.2 Å². The van der Waals surface area contributed by atoms with E-state index < -0.39 is 0 Å². The summed E-state index contributed by atoms with van der Waals surface area (Å²) in [4.78, 5) is 0. The van der Waals surface area contributed by atoms with Crippen LogP contribution in [0.4, 0.5) is 0 Å². The zero-order valence-electron chi connectivity index (χ0n) is 14.8. The number of hydrogen-bond donors (Lipinski definition) is 2. The summed E-state index contributed by atoms with van der Waals surface area (Å²) in [6.07, 6.45) is 24.5. The van der Waals surface area contributed by atoms with Crippen molar-refractivity contribution in [3.63, 3.8) is 0 Å². The Bertz CT molecular complexity index is 458. The minimum Gasteiger partial charge on any atom is -0.382 e. The topological polar surface area (TPSA) is 33.3 Å². The molecule has 0 aromatic heterocycles. The number of allylic oxidation sites excluding steroid dienone is 6. The lowest BCUT2D eigenvalue weighted by Crippen LogP contribution is -2.33. The molecule has 3 aliphatic heterocycles. The van der Waals surface area contributed by atoms with Crippen molar-refractivity contribution in [3.8, 4) is 0 Å². The molecular weight excluding hydrogens is 296 g/mol. The second kappa shape index (κ2) is 9.73. The van der Waals surface area contributed by atoms with Gasteiger partial charge < -0.3 is 15.4 Å². The molecule has 0 aliphatic carbocycles. The third-order valence-electron chi connectivity index (χ3n) is 5.02. The van der Waals surface area contributed by atoms with Gasteiger partial charge in [-0.1, -0.05) is 37.1 Å². The van der Waals surface area contributed by atoms with Crippen molar-refractivity contribution >= 4 is 0 Å². The number of nitrogens with one attached hydrogen (secondary N) is 2. The monoisotopic (exact) mass is 328 g/mol. The van der Waals surface area contributed by atoms with Crippen LogP contribution in [0.5, 0.6) is 0 Å². The van der Waals surface area contributed by atoms with Crippen LogP contribution in [0.25, 0.3) is 0 Å². The summed E-state index contributed by atoms with van der Waals surface area (Å²) in [7, 11) is 0. The van der Waals surface area contributed by atoms with Crippen LogP contribution < -0.4 is 10.6 Å². The molecule has 0 aromatic rings. The molecule has 3 aliphatic rings. The lowest BCUT2D eigenvalue weighted by Gasteiger charge is -2.23. The van der Waals surface area contributed by atoms with Crippen molar-refractivity contribution in [1.29, 1.82) is 0 Å². The SMILES string of the molecule is C1=CC2CCCCOCC3C=CC=C(CCCCCCC(=C1)N2)N3. The zero-order chi connectivity index (χ0) is 16.5. The highest BCUT2D eigenvalue weighted by molar-refractivity contribution is 5.20. The third-order valence-corrected chi connectivity index (χ3v) is 5.02. The van der Waals surface area contributed by atoms with E-state index in [0.29, 0.717) is 12.1 Å². The Hall–Kier alpha value is -1.48. The minimum absolute atomic E-state index is 0.347. The molecule has 0 spiro atoms. The fourth-order valence-corrected chi connectivity index (χ4v) is 3.62. The van der Waals surface area contributed by atoms with Gasteiger partial charge in [-0.2, -0.15) is 0 Å². The quantitative estimate of drug-likeness (QED) is 0.693. The highest BCUT2D eigenvalue weighted by Crippen LogP contribution is 2.17. The predicted molar refractivity (Wildman–Crippen MR) is 101 cm³/mol. The highest BCUT2D eigenvalue weighted by Gasteiger charge is 2.12. The molecule has 3 heteroatoms. The standard InChI is InChI=1S/C21H32N2O/c1-2-4-10-20-14-8-15-21(23-20)17-24-16-6-5-11-19-13-7-12-18(22-19)9-3-1/h7-8,12-15,19,21-23H,1-6,9-11,16-17H2. The summed E-state index contributed by atoms with van der Waals surface area (Å²) in [5.74, 6) is 0. The van der Waals surface area contributed by atoms with Gasteiger partial charge in [-0.3, -0.25) is 0 Å². The Morgan fingerprint density at radius 3 is 2.17 bits per heavy atom. The molecule has 0 amide bonds. The molecule has 3 heterocycles. The summed E-state index contributed by atoms with van der Waals surface area (Å²) in [6, 6.07) is 0.860. The second-order valence-electron chi connectivity index (χ2n) is 7.14. The van der Waals surface area contributed by atoms with Gasteiger partial charge >= 0.3 is 0 Å². The van der Waals surface area contributed by atoms with Crippen LogP contribution in [0.3, 0.4) is 0 Å². The molecule has 0 aromatic carbocycles. The van der Waals surface area contributed by atoms with Gasteiger partial charge in [0.25, 0.3) is 0 Å². The van der Waals surface area contributed by atoms with Crippen molar-refractivity contribution in [1.82, 2.24) is 10.6 Å². The molecule has 1 saturated heterocycles. The van der Waals surface area contributed by atoms with Crippen LogP contribution in [0.2, 0.25) is 0 Å². The third kappa shape index (κ3) is 5.86. The number of rotatable bonds is 0. The molecule has 132 valence electrons. The van der Waals surface area contributed by atoms with Crippen molar-refractivity contribution < 1.29 is 4.74 Å². The van der Waals surface area contributed by atoms with E-state index in [9.17, 15) is 0 Å². The first-order chi connectivity index (χ1) is 11.9. The van der Waals surface area contributed by atoms with Gasteiger partial charge in [-0.05, 0) is 57.1 Å². The molecule has 1 fully saturated rings. The molecule has 3 rings (SSSR count). The first-order valence-corrected chi connectivity index (χ1v) is 9.76. The Morgan fingerprint density at radius 1 is 0.750 bits per heavy atom. The normalized spacial score (nSPS) is 29.3. The largest absolute Gasteiger partial charge is 0.382 e. The minimum atomic E-state index is 0.347. The van der Waals surface area contributed by atoms with E-state index in [1.165, 1.54) is 56.3 Å². The molecule has 3 nitrogen and oxygen atoms in total. The summed E-state index contributed by atoms with van der Waals surface area (Å²) >= 11 is 0. The lowest BCUT2D eigenvalue weighted by atomic mass is 10.0. The maximum atomic E-state index is 5.88. The summed E-state index contributed by atoms with van der Waals surface area (Å²) in [5, 5.41) is 7.31. The molecular formula is C21H32N2O. The van der Waals surface area contributed by atoms with Gasteiger partial charge in [0.2, 0.25) is 0 Å². The van der Waals surface area contributed by atoms with E-state index in [1.807, 2.05) is 0 Å². The van der Waals surface area contributed by atoms with E-state index in [0.717, 1.165) is 26.1 Å². The molecule has 0 radical (unpaired) electrons. The highest BCUT2D eigenvalue weighted by atomic mass is 16.5. The van der Waals surface area contributed by atoms with E-state index in [2.05, 4.69) is 47.1 Å². The number of fused-ring (bicyclic) bond motifs is 4. The zero-order valence-corrected chi connectivity index (χ0v) is 14.8. The summed E-state index contributed by atoms with van der Waals surface area (Å²) in [5.41, 5.74) is 2.79. The van der Waals surface area contributed by atoms with Gasteiger partial charge in [0.15, 0.2) is 0 Å². The fourth-order valence-electron chi connectivity index (χ4n) is 3.62. The Labute approximate surface area is 146 Å². The number of dihydropyridines is 2. The lowest BCUT2D eigenvalue weighted by molar-refractivity contribution is 0.119. The van der Waals surface area contributed by atoms with Gasteiger partial charge in [-0.15, -0.1) is 0 Å². The van der Waals surface area contributed by atoms with Gasteiger partial charge in [0.05, 0.1) is 12.6 Å². The maximum absolute atomic E-state index is 5.88. The Balaban J connectivity index is 1.49. The average Bonchev–Trinajstić information content (AvgIpc) is 2.61. The van der Waals surface area contributed by atoms with Crippen LogP contribution in [0.1, 0.15) is 57.8 Å². The molecule has 24 heavy (non-hydrogen) atoms. The van der Waals surface area contributed by atoms with E-state index in [1.54, 1.807) is 0 Å². The summed E-state index contributed by atoms with van der Waals surface area (Å²) in [6.45, 7) is 1.65. The second-order valence-corrected chi connectivity index (χ2v) is 7.14. The van der Waals surface area contributed by atoms with Crippen molar-refractivity contribution in [2.24, 2.45) is 0 Å². The Morgan fingerprint density at radius 2 is 1.42 bits per heavy atom. The predicted octanol–water partition coefficient (Wildman–Crippen LogP) is 4.35. The van der Waals surface area contributed by atoms with Crippen LogP contribution in [0, 0.1) is 0 Å². The Kier molecular flexibility index (Phi) is 7.03. The first-order valence-electron chi connectivity index (χ1n) is 9.76. The first kappa shape index (κ1) is 17.3. The van der Waals surface area contributed by atoms with Gasteiger partial charge in [0.1, 0.15) is 0 Å². The fraction of sp³-hybridized carbons (Fsp3) is 0.619. The summed E-state index contributed by atoms with van der Waals surface area (Å²) < 4.78 is 5.88. The number of hydrogen-bond acceptors (Lipinski definition) is 3. The van der Waals surface area contributed by atoms with Crippen LogP contribution in [0.15, 0.2) is 47.9 Å². The average molecular weight is 329 g/mol. The van der Waals surface area contributed by atoms with E-state index in [4.69, 9.17) is 4.74 Å². The smallest absolute Gasteiger partial charge is 0.0704 e. The maximum Gasteiger partial charge on any atom is 0.0704 e.